The highest BCUT2D eigenvalue weighted by Gasteiger charge is 2.81. The summed E-state index contributed by atoms with van der Waals surface area (Å²) in [6.07, 6.45) is 0.413. The summed E-state index contributed by atoms with van der Waals surface area (Å²) in [5, 5.41) is -14.7. The molecule has 10 nitrogen and oxygen atoms in total. The van der Waals surface area contributed by atoms with Crippen molar-refractivity contribution >= 4 is 36.1 Å². The van der Waals surface area contributed by atoms with Crippen LogP contribution < -0.4 is 4.18 Å². The third-order valence-corrected chi connectivity index (χ3v) is 9.40. The maximum atomic E-state index is 14.1. The van der Waals surface area contributed by atoms with Crippen LogP contribution in [0.4, 0.5) is 39.5 Å². The molecule has 232 valence electrons. The Morgan fingerprint density at radius 3 is 1.70 bits per heavy atom. The number of nitrogens with zero attached hydrogens (tertiary/aromatic N) is 1. The standard InChI is InChI=1S/C18H19F9NO9S3/c1-4-14(2,3)13(29)36-10-9-11-5-7-12(8-6-11)37-40(34,35)17(23,24)15(19,20)16(21,22)38(30,31)28-39(32,33)18(25,26)27/h5-8H,4,9-10H2,1-3H3/q-1. The Morgan fingerprint density at radius 1 is 0.800 bits per heavy atom. The van der Waals surface area contributed by atoms with Gasteiger partial charge in [0.1, 0.15) is 5.75 Å². The Hall–Kier alpha value is -2.33. The Labute approximate surface area is 222 Å². The predicted molar refractivity (Wildman–Crippen MR) is 117 cm³/mol. The fourth-order valence-electron chi connectivity index (χ4n) is 2.20. The molecule has 1 rings (SSSR count). The number of benzene rings is 1. The molecule has 0 aliphatic heterocycles. The zero-order chi connectivity index (χ0) is 31.8. The fraction of sp³-hybridized carbons (Fsp3) is 0.611. The number of esters is 1. The highest BCUT2D eigenvalue weighted by atomic mass is 32.3. The number of alkyl halides is 9. The molecule has 0 spiro atoms. The summed E-state index contributed by atoms with van der Waals surface area (Å²) in [6.45, 7) is 4.72. The molecule has 22 heteroatoms. The highest BCUT2D eigenvalue weighted by Crippen LogP contribution is 2.53. The number of carbonyl (C=O) groups excluding carboxylic acids is 1. The maximum Gasteiger partial charge on any atom is 0.480 e. The summed E-state index contributed by atoms with van der Waals surface area (Å²) in [4.78, 5) is 11.9. The zero-order valence-electron chi connectivity index (χ0n) is 20.2. The minimum atomic E-state index is -8.01. The Balaban J connectivity index is 3.17. The van der Waals surface area contributed by atoms with Crippen LogP contribution in [0, 0.1) is 5.41 Å². The molecule has 0 unspecified atom stereocenters. The molecule has 1 aromatic carbocycles. The lowest BCUT2D eigenvalue weighted by Gasteiger charge is -2.35. The zero-order valence-corrected chi connectivity index (χ0v) is 22.6. The molecule has 0 N–H and O–H groups in total. The van der Waals surface area contributed by atoms with Crippen molar-refractivity contribution in [3.8, 4) is 5.75 Å². The molecule has 0 saturated heterocycles. The second-order valence-corrected chi connectivity index (χ2v) is 13.4. The van der Waals surface area contributed by atoms with Crippen LogP contribution in [-0.4, -0.2) is 59.8 Å². The molecule has 0 aromatic heterocycles. The number of hydrogen-bond donors (Lipinski definition) is 0. The van der Waals surface area contributed by atoms with Crippen LogP contribution in [0.15, 0.2) is 24.3 Å². The van der Waals surface area contributed by atoms with E-state index in [0.29, 0.717) is 22.7 Å². The molecule has 0 aliphatic rings. The number of sulfonamides is 2. The molecule has 0 amide bonds. The van der Waals surface area contributed by atoms with Crippen LogP contribution >= 0.6 is 0 Å². The summed E-state index contributed by atoms with van der Waals surface area (Å²) in [5.41, 5.74) is -7.30. The monoisotopic (exact) mass is 660 g/mol. The molecule has 0 aliphatic carbocycles. The average Bonchev–Trinajstić information content (AvgIpc) is 2.77. The van der Waals surface area contributed by atoms with Gasteiger partial charge in [-0.15, -0.1) is 0 Å². The first-order valence-electron chi connectivity index (χ1n) is 10.2. The number of ether oxygens (including phenoxy) is 1. The van der Waals surface area contributed by atoms with Crippen LogP contribution in [0.25, 0.3) is 4.13 Å². The smallest absolute Gasteiger partial charge is 0.465 e. The van der Waals surface area contributed by atoms with Gasteiger partial charge in [0, 0.05) is 6.42 Å². The van der Waals surface area contributed by atoms with E-state index in [-0.39, 0.29) is 18.6 Å². The quantitative estimate of drug-likeness (QED) is 0.171. The summed E-state index contributed by atoms with van der Waals surface area (Å²) in [7, 11) is -22.7. The Kier molecular flexibility index (Phi) is 9.96. The molecule has 0 saturated carbocycles. The molecule has 0 radical (unpaired) electrons. The lowest BCUT2D eigenvalue weighted by atomic mass is 9.91. The summed E-state index contributed by atoms with van der Waals surface area (Å²) < 4.78 is 198. The first kappa shape index (κ1) is 35.7. The SMILES string of the molecule is CCC(C)(C)C(=O)OCCc1ccc(OS(=O)(=O)C(F)(F)C(F)(F)C(F)(F)S(=O)(=O)[N-]S(=O)(=O)C(F)(F)F)cc1. The largest absolute Gasteiger partial charge is 0.480 e. The van der Waals surface area contributed by atoms with Crippen molar-refractivity contribution in [3.63, 3.8) is 0 Å². The third-order valence-electron chi connectivity index (χ3n) is 5.05. The third kappa shape index (κ3) is 6.93. The van der Waals surface area contributed by atoms with Gasteiger partial charge in [0.05, 0.1) is 12.0 Å². The normalized spacial score (nSPS) is 14.6. The van der Waals surface area contributed by atoms with Crippen LogP contribution in [-0.2, 0) is 46.1 Å². The number of halogens is 9. The van der Waals surface area contributed by atoms with E-state index in [1.807, 2.05) is 0 Å². The predicted octanol–water partition coefficient (Wildman–Crippen LogP) is 4.29. The van der Waals surface area contributed by atoms with Gasteiger partial charge in [0.25, 0.3) is 0 Å². The second-order valence-electron chi connectivity index (χ2n) is 8.38. The molecule has 40 heavy (non-hydrogen) atoms. The first-order chi connectivity index (χ1) is 17.6. The van der Waals surface area contributed by atoms with Gasteiger partial charge in [0.15, 0.2) is 20.0 Å². The Morgan fingerprint density at radius 2 is 1.27 bits per heavy atom. The van der Waals surface area contributed by atoms with Gasteiger partial charge in [-0.25, -0.2) is 16.8 Å². The number of hydrogen-bond acceptors (Lipinski definition) is 9. The minimum Gasteiger partial charge on any atom is -0.465 e. The highest BCUT2D eigenvalue weighted by molar-refractivity contribution is 8.13. The van der Waals surface area contributed by atoms with Gasteiger partial charge >= 0.3 is 38.0 Å². The summed E-state index contributed by atoms with van der Waals surface area (Å²) in [5.74, 6) is -9.39. The first-order valence-corrected chi connectivity index (χ1v) is 14.5. The number of rotatable bonds is 13. The van der Waals surface area contributed by atoms with E-state index in [0.717, 1.165) is 12.1 Å². The van der Waals surface area contributed by atoms with E-state index in [4.69, 9.17) is 4.74 Å². The molecular weight excluding hydrogens is 641 g/mol. The average molecular weight is 661 g/mol. The van der Waals surface area contributed by atoms with Crippen molar-refractivity contribution in [2.45, 2.75) is 55.6 Å². The lowest BCUT2D eigenvalue weighted by molar-refractivity contribution is -0.245. The van der Waals surface area contributed by atoms with Crippen LogP contribution in [0.5, 0.6) is 5.75 Å². The number of carbonyl (C=O) groups is 1. The maximum absolute atomic E-state index is 14.1. The van der Waals surface area contributed by atoms with E-state index in [1.165, 1.54) is 0 Å². The van der Waals surface area contributed by atoms with Crippen LogP contribution in [0.3, 0.4) is 0 Å². The van der Waals surface area contributed by atoms with E-state index in [1.54, 1.807) is 20.8 Å². The second kappa shape index (κ2) is 11.2. The van der Waals surface area contributed by atoms with Gasteiger partial charge < -0.3 is 13.0 Å². The van der Waals surface area contributed by atoms with E-state index < -0.39 is 69.2 Å². The minimum absolute atomic E-state index is 0.0266. The molecule has 0 bridgehead atoms. The molecular formula is C18H19F9NO9S3-. The van der Waals surface area contributed by atoms with Gasteiger partial charge in [0.2, 0.25) is 0 Å². The van der Waals surface area contributed by atoms with Crippen molar-refractivity contribution in [1.29, 1.82) is 0 Å². The van der Waals surface area contributed by atoms with Crippen molar-refractivity contribution in [3.05, 3.63) is 34.0 Å². The van der Waals surface area contributed by atoms with Gasteiger partial charge in [-0.2, -0.15) is 47.9 Å². The van der Waals surface area contributed by atoms with Crippen LogP contribution in [0.2, 0.25) is 0 Å². The molecule has 0 heterocycles. The lowest BCUT2D eigenvalue weighted by Crippen LogP contribution is -2.61. The molecule has 1 aromatic rings. The summed E-state index contributed by atoms with van der Waals surface area (Å²) >= 11 is 0. The van der Waals surface area contributed by atoms with Crippen molar-refractivity contribution in [2.75, 3.05) is 6.61 Å². The van der Waals surface area contributed by atoms with Gasteiger partial charge in [-0.05, 0) is 38.0 Å². The molecule has 0 fully saturated rings. The van der Waals surface area contributed by atoms with E-state index in [9.17, 15) is 69.6 Å². The van der Waals surface area contributed by atoms with E-state index >= 15 is 0 Å². The van der Waals surface area contributed by atoms with Gasteiger partial charge in [-0.3, -0.25) is 4.79 Å². The van der Waals surface area contributed by atoms with Gasteiger partial charge in [-0.1, -0.05) is 19.1 Å². The van der Waals surface area contributed by atoms with Crippen molar-refractivity contribution in [1.82, 2.24) is 0 Å². The van der Waals surface area contributed by atoms with E-state index in [2.05, 4.69) is 4.18 Å². The fourth-order valence-corrected chi connectivity index (χ4v) is 5.37. The van der Waals surface area contributed by atoms with Crippen LogP contribution in [0.1, 0.15) is 32.8 Å². The molecule has 0 atom stereocenters. The summed E-state index contributed by atoms with van der Waals surface area (Å²) in [6, 6.07) is 3.05. The Bertz CT molecular complexity index is 1410. The van der Waals surface area contributed by atoms with Crippen molar-refractivity contribution < 1.29 is 78.5 Å². The topological polar surface area (TPSA) is 152 Å². The van der Waals surface area contributed by atoms with Crippen molar-refractivity contribution in [2.24, 2.45) is 5.41 Å².